The fourth-order valence-corrected chi connectivity index (χ4v) is 2.56. The third-order valence-electron chi connectivity index (χ3n) is 2.89. The molecule has 0 radical (unpaired) electrons. The molecule has 2 aromatic rings. The molecule has 0 saturated heterocycles. The molecule has 0 aliphatic rings. The normalized spacial score (nSPS) is 10.2. The molecule has 0 atom stereocenters. The van der Waals surface area contributed by atoms with Crippen molar-refractivity contribution >= 4 is 28.5 Å². The molecule has 6 nitrogen and oxygen atoms in total. The highest BCUT2D eigenvalue weighted by Crippen LogP contribution is 2.16. The number of aryl methyl sites for hydroxylation is 1. The van der Waals surface area contributed by atoms with Crippen molar-refractivity contribution in [1.82, 2.24) is 10.3 Å². The van der Waals surface area contributed by atoms with Crippen molar-refractivity contribution in [3.63, 3.8) is 0 Å². The highest BCUT2D eigenvalue weighted by molar-refractivity contribution is 7.13. The Morgan fingerprint density at radius 1 is 1.23 bits per heavy atom. The smallest absolute Gasteiger partial charge is 0.321 e. The number of carboxylic acid groups (broad SMARTS) is 1. The molecule has 0 bridgehead atoms. The van der Waals surface area contributed by atoms with Crippen LogP contribution < -0.4 is 10.6 Å². The number of carboxylic acids is 1. The highest BCUT2D eigenvalue weighted by Gasteiger charge is 2.07. The number of aromatic nitrogens is 1. The molecular formula is C15H17N3O3S. The van der Waals surface area contributed by atoms with E-state index < -0.39 is 5.97 Å². The van der Waals surface area contributed by atoms with E-state index in [1.165, 1.54) is 11.3 Å². The van der Waals surface area contributed by atoms with Gasteiger partial charge in [-0.25, -0.2) is 9.78 Å². The zero-order chi connectivity index (χ0) is 15.8. The van der Waals surface area contributed by atoms with Crippen LogP contribution in [0.5, 0.6) is 0 Å². The summed E-state index contributed by atoms with van der Waals surface area (Å²) in [6, 6.07) is 9.31. The molecule has 0 saturated carbocycles. The van der Waals surface area contributed by atoms with Crippen molar-refractivity contribution in [3.8, 4) is 0 Å². The summed E-state index contributed by atoms with van der Waals surface area (Å²) >= 11 is 1.33. The molecule has 0 fully saturated rings. The van der Waals surface area contributed by atoms with Crippen LogP contribution in [0.4, 0.5) is 9.93 Å². The molecule has 0 spiro atoms. The monoisotopic (exact) mass is 319 g/mol. The minimum atomic E-state index is -0.811. The fourth-order valence-electron chi connectivity index (χ4n) is 1.82. The van der Waals surface area contributed by atoms with E-state index in [2.05, 4.69) is 15.6 Å². The summed E-state index contributed by atoms with van der Waals surface area (Å²) < 4.78 is 0. The van der Waals surface area contributed by atoms with Crippen LogP contribution in [0.25, 0.3) is 0 Å². The Hall–Kier alpha value is -2.41. The number of hydrogen-bond acceptors (Lipinski definition) is 4. The van der Waals surface area contributed by atoms with Crippen molar-refractivity contribution in [2.24, 2.45) is 0 Å². The van der Waals surface area contributed by atoms with Crippen molar-refractivity contribution in [2.45, 2.75) is 25.8 Å². The Labute approximate surface area is 132 Å². The molecule has 1 aromatic carbocycles. The molecule has 22 heavy (non-hydrogen) atoms. The molecule has 2 rings (SSSR count). The lowest BCUT2D eigenvalue weighted by Crippen LogP contribution is -2.28. The Morgan fingerprint density at radius 3 is 2.73 bits per heavy atom. The van der Waals surface area contributed by atoms with Gasteiger partial charge < -0.3 is 10.4 Å². The van der Waals surface area contributed by atoms with E-state index in [-0.39, 0.29) is 12.5 Å². The second-order valence-corrected chi connectivity index (χ2v) is 5.54. The fraction of sp³-hybridized carbons (Fsp3) is 0.267. The number of urea groups is 1. The summed E-state index contributed by atoms with van der Waals surface area (Å²) in [5.74, 6) is -0.811. The lowest BCUT2D eigenvalue weighted by molar-refractivity contribution is -0.137. The number of thiazole rings is 1. The summed E-state index contributed by atoms with van der Waals surface area (Å²) in [6.45, 7) is 0.448. The van der Waals surface area contributed by atoms with E-state index in [1.54, 1.807) is 0 Å². The molecule has 3 N–H and O–H groups in total. The van der Waals surface area contributed by atoms with Gasteiger partial charge in [0.1, 0.15) is 0 Å². The maximum Gasteiger partial charge on any atom is 0.321 e. The second kappa shape index (κ2) is 8.14. The van der Waals surface area contributed by atoms with Gasteiger partial charge in [0.15, 0.2) is 5.13 Å². The zero-order valence-corrected chi connectivity index (χ0v) is 12.7. The van der Waals surface area contributed by atoms with Crippen LogP contribution in [-0.2, 0) is 17.8 Å². The van der Waals surface area contributed by atoms with Crippen LogP contribution in [0, 0.1) is 0 Å². The van der Waals surface area contributed by atoms with Crippen LogP contribution >= 0.6 is 11.3 Å². The Bertz CT molecular complexity index is 628. The van der Waals surface area contributed by atoms with E-state index in [1.807, 2.05) is 35.7 Å². The van der Waals surface area contributed by atoms with Crippen molar-refractivity contribution in [2.75, 3.05) is 5.32 Å². The molecule has 0 aliphatic carbocycles. The van der Waals surface area contributed by atoms with Crippen LogP contribution in [0.15, 0.2) is 35.7 Å². The zero-order valence-electron chi connectivity index (χ0n) is 11.9. The van der Waals surface area contributed by atoms with Gasteiger partial charge in [0.05, 0.1) is 5.69 Å². The van der Waals surface area contributed by atoms with Gasteiger partial charge in [0, 0.05) is 18.3 Å². The van der Waals surface area contributed by atoms with Gasteiger partial charge in [-0.1, -0.05) is 30.3 Å². The van der Waals surface area contributed by atoms with Gasteiger partial charge in [-0.05, 0) is 18.4 Å². The van der Waals surface area contributed by atoms with Crippen molar-refractivity contribution in [3.05, 3.63) is 47.0 Å². The molecule has 1 heterocycles. The first-order chi connectivity index (χ1) is 10.6. The minimum absolute atomic E-state index is 0.123. The third-order valence-corrected chi connectivity index (χ3v) is 3.70. The number of rotatable bonds is 7. The van der Waals surface area contributed by atoms with E-state index in [9.17, 15) is 9.59 Å². The number of amides is 2. The van der Waals surface area contributed by atoms with Gasteiger partial charge in [-0.3, -0.25) is 10.1 Å². The lowest BCUT2D eigenvalue weighted by atomic mass is 10.2. The molecule has 1 aromatic heterocycles. The standard InChI is InChI=1S/C15H17N3O3S/c19-13(20)8-4-7-12-10-22-15(17-12)18-14(21)16-9-11-5-2-1-3-6-11/h1-3,5-6,10H,4,7-9H2,(H,19,20)(H2,16,17,18,21). The predicted octanol–water partition coefficient (Wildman–Crippen LogP) is 2.87. The molecular weight excluding hydrogens is 302 g/mol. The number of carbonyl (C=O) groups excluding carboxylic acids is 1. The van der Waals surface area contributed by atoms with E-state index in [0.29, 0.717) is 24.5 Å². The number of nitrogens with zero attached hydrogens (tertiary/aromatic N) is 1. The quantitative estimate of drug-likeness (QED) is 0.732. The van der Waals surface area contributed by atoms with E-state index >= 15 is 0 Å². The van der Waals surface area contributed by atoms with E-state index in [0.717, 1.165) is 11.3 Å². The van der Waals surface area contributed by atoms with Gasteiger partial charge >= 0.3 is 12.0 Å². The maximum absolute atomic E-state index is 11.8. The number of anilines is 1. The van der Waals surface area contributed by atoms with Crippen LogP contribution in [0.2, 0.25) is 0 Å². The molecule has 116 valence electrons. The van der Waals surface area contributed by atoms with Crippen molar-refractivity contribution in [1.29, 1.82) is 0 Å². The van der Waals surface area contributed by atoms with Gasteiger partial charge in [-0.2, -0.15) is 0 Å². The number of nitrogens with one attached hydrogen (secondary N) is 2. The predicted molar refractivity (Wildman–Crippen MR) is 85.0 cm³/mol. The second-order valence-electron chi connectivity index (χ2n) is 4.68. The lowest BCUT2D eigenvalue weighted by Gasteiger charge is -2.05. The number of aliphatic carboxylic acids is 1. The Balaban J connectivity index is 1.75. The first-order valence-electron chi connectivity index (χ1n) is 6.88. The number of benzene rings is 1. The third kappa shape index (κ3) is 5.53. The Kier molecular flexibility index (Phi) is 5.91. The van der Waals surface area contributed by atoms with Crippen LogP contribution in [0.1, 0.15) is 24.1 Å². The maximum atomic E-state index is 11.8. The largest absolute Gasteiger partial charge is 0.481 e. The van der Waals surface area contributed by atoms with Gasteiger partial charge in [0.2, 0.25) is 0 Å². The topological polar surface area (TPSA) is 91.3 Å². The average molecular weight is 319 g/mol. The first kappa shape index (κ1) is 16.0. The van der Waals surface area contributed by atoms with Gasteiger partial charge in [-0.15, -0.1) is 11.3 Å². The molecule has 2 amide bonds. The van der Waals surface area contributed by atoms with Gasteiger partial charge in [0.25, 0.3) is 0 Å². The van der Waals surface area contributed by atoms with Crippen LogP contribution in [-0.4, -0.2) is 22.1 Å². The molecule has 7 heteroatoms. The minimum Gasteiger partial charge on any atom is -0.481 e. The summed E-state index contributed by atoms with van der Waals surface area (Å²) in [5.41, 5.74) is 1.82. The molecule has 0 aliphatic heterocycles. The summed E-state index contributed by atoms with van der Waals surface area (Å²) in [7, 11) is 0. The number of carbonyl (C=O) groups is 2. The van der Waals surface area contributed by atoms with E-state index in [4.69, 9.17) is 5.11 Å². The Morgan fingerprint density at radius 2 is 2.00 bits per heavy atom. The summed E-state index contributed by atoms with van der Waals surface area (Å²) in [6.07, 6.45) is 1.26. The average Bonchev–Trinajstić information content (AvgIpc) is 2.93. The summed E-state index contributed by atoms with van der Waals surface area (Å²) in [4.78, 5) is 26.5. The van der Waals surface area contributed by atoms with Crippen molar-refractivity contribution < 1.29 is 14.7 Å². The SMILES string of the molecule is O=C(O)CCCc1csc(NC(=O)NCc2ccccc2)n1. The summed E-state index contributed by atoms with van der Waals surface area (Å²) in [5, 5.41) is 16.4. The molecule has 0 unspecified atom stereocenters. The first-order valence-corrected chi connectivity index (χ1v) is 7.76. The highest BCUT2D eigenvalue weighted by atomic mass is 32.1. The van der Waals surface area contributed by atoms with Crippen LogP contribution in [0.3, 0.4) is 0 Å². The number of hydrogen-bond donors (Lipinski definition) is 3.